The molecule has 3 heterocycles. The molecule has 6 heteroatoms. The summed E-state index contributed by atoms with van der Waals surface area (Å²) in [5.74, 6) is 1.91. The first-order valence-electron chi connectivity index (χ1n) is 9.45. The molecular weight excluding hydrogens is 328 g/mol. The fraction of sp³-hybridized carbons (Fsp3) is 0.600. The zero-order valence-corrected chi connectivity index (χ0v) is 16.5. The summed E-state index contributed by atoms with van der Waals surface area (Å²) in [6.45, 7) is 8.78. The third-order valence-electron chi connectivity index (χ3n) is 5.46. The van der Waals surface area contributed by atoms with Crippen molar-refractivity contribution in [3.8, 4) is 0 Å². The smallest absolute Gasteiger partial charge is 0.257 e. The molecule has 0 aliphatic carbocycles. The number of furan rings is 1. The maximum Gasteiger partial charge on any atom is 0.257 e. The van der Waals surface area contributed by atoms with Crippen LogP contribution < -0.4 is 0 Å². The number of carbonyl (C=O) groups is 1. The Labute approximate surface area is 155 Å². The lowest BCUT2D eigenvalue weighted by Gasteiger charge is -2.42. The second-order valence-electron chi connectivity index (χ2n) is 7.44. The monoisotopic (exact) mass is 358 g/mol. The molecule has 3 rings (SSSR count). The molecule has 0 saturated carbocycles. The van der Waals surface area contributed by atoms with Crippen molar-refractivity contribution in [2.45, 2.75) is 39.7 Å². The number of likely N-dealkylation sites (tertiary alicyclic amines) is 1. The van der Waals surface area contributed by atoms with Crippen LogP contribution >= 0.6 is 0 Å². The van der Waals surface area contributed by atoms with Gasteiger partial charge in [0, 0.05) is 38.4 Å². The van der Waals surface area contributed by atoms with Gasteiger partial charge in [0.1, 0.15) is 11.5 Å². The van der Waals surface area contributed by atoms with Crippen molar-refractivity contribution in [3.63, 3.8) is 0 Å². The van der Waals surface area contributed by atoms with Gasteiger partial charge in [0.2, 0.25) is 0 Å². The molecule has 2 aromatic rings. The van der Waals surface area contributed by atoms with Gasteiger partial charge in [-0.25, -0.2) is 0 Å². The van der Waals surface area contributed by atoms with Crippen LogP contribution in [0.15, 0.2) is 22.9 Å². The summed E-state index contributed by atoms with van der Waals surface area (Å²) in [6, 6.07) is 2.15. The fourth-order valence-electron chi connectivity index (χ4n) is 4.26. The number of piperidine rings is 1. The van der Waals surface area contributed by atoms with Crippen LogP contribution in [0.4, 0.5) is 0 Å². The van der Waals surface area contributed by atoms with Crippen molar-refractivity contribution < 1.29 is 9.21 Å². The standard InChI is InChI=1S/C20H30N4O2/c1-6-24-9-7-8-16(19(24)17-11-21-23(5)13-17)12-22(4)20(25)18-10-14(2)26-15(18)3/h10-11,13,16,19H,6-9,12H2,1-5H3/t16-,19+/m0/s1. The van der Waals surface area contributed by atoms with Crippen LogP contribution in [-0.2, 0) is 7.05 Å². The molecule has 0 spiro atoms. The Bertz CT molecular complexity index is 764. The molecule has 1 fully saturated rings. The number of carbonyl (C=O) groups excluding carboxylic acids is 1. The van der Waals surface area contributed by atoms with Gasteiger partial charge in [-0.05, 0) is 51.8 Å². The Kier molecular flexibility index (Phi) is 5.51. The highest BCUT2D eigenvalue weighted by Gasteiger charge is 2.34. The highest BCUT2D eigenvalue weighted by atomic mass is 16.3. The molecule has 2 atom stereocenters. The van der Waals surface area contributed by atoms with E-state index >= 15 is 0 Å². The topological polar surface area (TPSA) is 54.5 Å². The first kappa shape index (κ1) is 18.7. The third-order valence-corrected chi connectivity index (χ3v) is 5.46. The second-order valence-corrected chi connectivity index (χ2v) is 7.44. The Balaban J connectivity index is 1.79. The van der Waals surface area contributed by atoms with E-state index in [2.05, 4.69) is 23.1 Å². The first-order valence-corrected chi connectivity index (χ1v) is 9.45. The molecule has 142 valence electrons. The van der Waals surface area contributed by atoms with Crippen LogP contribution in [-0.4, -0.2) is 52.2 Å². The number of hydrogen-bond acceptors (Lipinski definition) is 4. The van der Waals surface area contributed by atoms with Gasteiger partial charge in [-0.15, -0.1) is 0 Å². The zero-order valence-electron chi connectivity index (χ0n) is 16.5. The molecule has 1 amide bonds. The van der Waals surface area contributed by atoms with E-state index in [1.165, 1.54) is 12.0 Å². The highest BCUT2D eigenvalue weighted by Crippen LogP contribution is 2.36. The number of hydrogen-bond donors (Lipinski definition) is 0. The van der Waals surface area contributed by atoms with Gasteiger partial charge in [0.15, 0.2) is 0 Å². The summed E-state index contributed by atoms with van der Waals surface area (Å²) in [4.78, 5) is 17.2. The summed E-state index contributed by atoms with van der Waals surface area (Å²) in [5.41, 5.74) is 1.92. The van der Waals surface area contributed by atoms with E-state index in [1.54, 1.807) is 0 Å². The van der Waals surface area contributed by atoms with Crippen molar-refractivity contribution in [3.05, 3.63) is 41.1 Å². The minimum atomic E-state index is 0.0397. The lowest BCUT2D eigenvalue weighted by atomic mass is 9.85. The molecule has 0 unspecified atom stereocenters. The zero-order chi connectivity index (χ0) is 18.8. The van der Waals surface area contributed by atoms with Gasteiger partial charge in [0.05, 0.1) is 11.8 Å². The Morgan fingerprint density at radius 1 is 1.42 bits per heavy atom. The van der Waals surface area contributed by atoms with Crippen LogP contribution in [0.1, 0.15) is 53.2 Å². The van der Waals surface area contributed by atoms with E-state index in [4.69, 9.17) is 4.42 Å². The second kappa shape index (κ2) is 7.66. The van der Waals surface area contributed by atoms with Crippen LogP contribution in [0.25, 0.3) is 0 Å². The molecule has 26 heavy (non-hydrogen) atoms. The quantitative estimate of drug-likeness (QED) is 0.824. The van der Waals surface area contributed by atoms with Crippen molar-refractivity contribution in [1.82, 2.24) is 19.6 Å². The average Bonchev–Trinajstić information content (AvgIpc) is 3.18. The van der Waals surface area contributed by atoms with Gasteiger partial charge in [-0.3, -0.25) is 14.4 Å². The molecule has 0 bridgehead atoms. The number of aromatic nitrogens is 2. The van der Waals surface area contributed by atoms with Gasteiger partial charge >= 0.3 is 0 Å². The number of amides is 1. The van der Waals surface area contributed by atoms with E-state index in [9.17, 15) is 4.79 Å². The van der Waals surface area contributed by atoms with Crippen LogP contribution in [0.2, 0.25) is 0 Å². The van der Waals surface area contributed by atoms with E-state index in [-0.39, 0.29) is 5.91 Å². The molecule has 6 nitrogen and oxygen atoms in total. The third kappa shape index (κ3) is 3.70. The normalized spacial score (nSPS) is 21.1. The van der Waals surface area contributed by atoms with Crippen LogP contribution in [0.3, 0.4) is 0 Å². The van der Waals surface area contributed by atoms with Crippen molar-refractivity contribution >= 4 is 5.91 Å². The lowest BCUT2D eigenvalue weighted by molar-refractivity contribution is 0.0587. The molecule has 1 aliphatic heterocycles. The summed E-state index contributed by atoms with van der Waals surface area (Å²) >= 11 is 0. The lowest BCUT2D eigenvalue weighted by Crippen LogP contribution is -2.43. The van der Waals surface area contributed by atoms with Crippen LogP contribution in [0.5, 0.6) is 0 Å². The van der Waals surface area contributed by atoms with Gasteiger partial charge < -0.3 is 9.32 Å². The molecule has 0 radical (unpaired) electrons. The van der Waals surface area contributed by atoms with Crippen molar-refractivity contribution in [2.75, 3.05) is 26.7 Å². The minimum absolute atomic E-state index is 0.0397. The SMILES string of the molecule is CCN1CCC[C@@H](CN(C)C(=O)c2cc(C)oc2C)[C@@H]1c1cnn(C)c1. The molecular formula is C20H30N4O2. The molecule has 1 aliphatic rings. The predicted molar refractivity (Wildman–Crippen MR) is 101 cm³/mol. The fourth-order valence-corrected chi connectivity index (χ4v) is 4.26. The number of nitrogens with zero attached hydrogens (tertiary/aromatic N) is 4. The van der Waals surface area contributed by atoms with E-state index in [1.807, 2.05) is 49.8 Å². The van der Waals surface area contributed by atoms with E-state index < -0.39 is 0 Å². The Hall–Kier alpha value is -2.08. The van der Waals surface area contributed by atoms with Gasteiger partial charge in [0.25, 0.3) is 5.91 Å². The van der Waals surface area contributed by atoms with Crippen molar-refractivity contribution in [2.24, 2.45) is 13.0 Å². The maximum absolute atomic E-state index is 12.9. The van der Waals surface area contributed by atoms with Gasteiger partial charge in [-0.1, -0.05) is 6.92 Å². The molecule has 0 N–H and O–H groups in total. The maximum atomic E-state index is 12.9. The number of rotatable bonds is 5. The summed E-state index contributed by atoms with van der Waals surface area (Å²) in [5, 5.41) is 4.37. The van der Waals surface area contributed by atoms with E-state index in [0.717, 1.165) is 31.8 Å². The van der Waals surface area contributed by atoms with Crippen LogP contribution in [0, 0.1) is 19.8 Å². The number of aryl methyl sites for hydroxylation is 3. The molecule has 1 saturated heterocycles. The summed E-state index contributed by atoms with van der Waals surface area (Å²) < 4.78 is 7.40. The minimum Gasteiger partial charge on any atom is -0.466 e. The largest absolute Gasteiger partial charge is 0.466 e. The summed E-state index contributed by atoms with van der Waals surface area (Å²) in [7, 11) is 3.85. The average molecular weight is 358 g/mol. The summed E-state index contributed by atoms with van der Waals surface area (Å²) in [6.07, 6.45) is 6.37. The molecule has 0 aromatic carbocycles. The predicted octanol–water partition coefficient (Wildman–Crippen LogP) is 3.18. The first-order chi connectivity index (χ1) is 12.4. The Morgan fingerprint density at radius 3 is 2.77 bits per heavy atom. The van der Waals surface area contributed by atoms with E-state index in [0.29, 0.717) is 23.3 Å². The molecule has 2 aromatic heterocycles. The van der Waals surface area contributed by atoms with Crippen molar-refractivity contribution in [1.29, 1.82) is 0 Å². The highest BCUT2D eigenvalue weighted by molar-refractivity contribution is 5.95. The van der Waals surface area contributed by atoms with Gasteiger partial charge in [-0.2, -0.15) is 5.10 Å². The Morgan fingerprint density at radius 2 is 2.19 bits per heavy atom.